The zero-order valence-electron chi connectivity index (χ0n) is 13.3. The highest BCUT2D eigenvalue weighted by atomic mass is 28.3. The summed E-state index contributed by atoms with van der Waals surface area (Å²) in [4.78, 5) is 11.0. The molecule has 1 atom stereocenters. The number of hydrogen-bond acceptors (Lipinski definition) is 5. The van der Waals surface area contributed by atoms with Gasteiger partial charge >= 0.3 is 15.3 Å². The SMILES string of the molecule is COCCO[SiH](OCCOC)c1ccc(C(C)C(=O)O)cc1. The van der Waals surface area contributed by atoms with Gasteiger partial charge < -0.3 is 23.4 Å². The number of rotatable bonds is 11. The van der Waals surface area contributed by atoms with E-state index in [4.69, 9.17) is 23.4 Å². The lowest BCUT2D eigenvalue weighted by Crippen LogP contribution is -2.38. The fraction of sp³-hybridized carbons (Fsp3) is 0.533. The third-order valence-electron chi connectivity index (χ3n) is 3.19. The van der Waals surface area contributed by atoms with E-state index in [1.165, 1.54) is 0 Å². The van der Waals surface area contributed by atoms with Gasteiger partial charge in [-0.05, 0) is 17.7 Å². The first-order valence-electron chi connectivity index (χ1n) is 7.14. The number of benzene rings is 1. The molecule has 0 heterocycles. The Balaban J connectivity index is 2.72. The van der Waals surface area contributed by atoms with Crippen LogP contribution in [-0.2, 0) is 23.1 Å². The number of carboxylic acids is 1. The van der Waals surface area contributed by atoms with Gasteiger partial charge in [0, 0.05) is 14.2 Å². The van der Waals surface area contributed by atoms with Crippen LogP contribution in [0.1, 0.15) is 18.4 Å². The lowest BCUT2D eigenvalue weighted by molar-refractivity contribution is -0.138. The lowest BCUT2D eigenvalue weighted by atomic mass is 10.0. The maximum absolute atomic E-state index is 11.0. The van der Waals surface area contributed by atoms with Crippen molar-refractivity contribution in [2.75, 3.05) is 40.6 Å². The third kappa shape index (κ3) is 6.25. The van der Waals surface area contributed by atoms with Crippen LogP contribution in [0, 0.1) is 0 Å². The molecule has 124 valence electrons. The molecule has 0 saturated carbocycles. The highest BCUT2D eigenvalue weighted by Gasteiger charge is 2.19. The molecule has 0 aromatic heterocycles. The molecule has 0 saturated heterocycles. The smallest absolute Gasteiger partial charge is 0.356 e. The molecule has 0 fully saturated rings. The Morgan fingerprint density at radius 2 is 1.55 bits per heavy atom. The first-order valence-corrected chi connectivity index (χ1v) is 8.66. The van der Waals surface area contributed by atoms with Gasteiger partial charge in [0.25, 0.3) is 0 Å². The predicted molar refractivity (Wildman–Crippen MR) is 84.9 cm³/mol. The van der Waals surface area contributed by atoms with Crippen molar-refractivity contribution < 1.29 is 28.2 Å². The van der Waals surface area contributed by atoms with Crippen LogP contribution in [-0.4, -0.2) is 61.0 Å². The summed E-state index contributed by atoms with van der Waals surface area (Å²) in [6.45, 7) is 3.61. The second kappa shape index (κ2) is 10.5. The Morgan fingerprint density at radius 1 is 1.05 bits per heavy atom. The van der Waals surface area contributed by atoms with Crippen molar-refractivity contribution in [2.24, 2.45) is 0 Å². The molecule has 22 heavy (non-hydrogen) atoms. The number of aliphatic carboxylic acids is 1. The molecular formula is C15H24O6Si. The summed E-state index contributed by atoms with van der Waals surface area (Å²) in [6, 6.07) is 7.39. The van der Waals surface area contributed by atoms with Crippen molar-refractivity contribution in [3.05, 3.63) is 29.8 Å². The number of carbonyl (C=O) groups is 1. The molecule has 0 spiro atoms. The predicted octanol–water partition coefficient (Wildman–Crippen LogP) is 0.628. The average molecular weight is 328 g/mol. The van der Waals surface area contributed by atoms with Crippen LogP contribution in [0.25, 0.3) is 0 Å². The van der Waals surface area contributed by atoms with Crippen molar-refractivity contribution in [3.63, 3.8) is 0 Å². The molecule has 1 aromatic carbocycles. The second-order valence-electron chi connectivity index (χ2n) is 4.79. The van der Waals surface area contributed by atoms with E-state index in [0.29, 0.717) is 26.4 Å². The van der Waals surface area contributed by atoms with E-state index in [9.17, 15) is 4.79 Å². The highest BCUT2D eigenvalue weighted by molar-refractivity contribution is 6.61. The number of methoxy groups -OCH3 is 2. The quantitative estimate of drug-likeness (QED) is 0.474. The summed E-state index contributed by atoms with van der Waals surface area (Å²) in [7, 11) is 1.20. The van der Waals surface area contributed by atoms with Crippen LogP contribution in [0.5, 0.6) is 0 Å². The molecule has 1 N–H and O–H groups in total. The number of hydrogen-bond donors (Lipinski definition) is 1. The Kier molecular flexibility index (Phi) is 8.94. The molecule has 1 rings (SSSR count). The Morgan fingerprint density at radius 3 is 1.95 bits per heavy atom. The maximum atomic E-state index is 11.0. The zero-order valence-corrected chi connectivity index (χ0v) is 14.4. The van der Waals surface area contributed by atoms with Crippen LogP contribution in [0.2, 0.25) is 0 Å². The van der Waals surface area contributed by atoms with Gasteiger partial charge in [0.05, 0.1) is 32.3 Å². The van der Waals surface area contributed by atoms with Gasteiger partial charge in [0.15, 0.2) is 0 Å². The third-order valence-corrected chi connectivity index (χ3v) is 5.20. The van der Waals surface area contributed by atoms with Gasteiger partial charge in [-0.2, -0.15) is 0 Å². The van der Waals surface area contributed by atoms with Crippen LogP contribution < -0.4 is 5.19 Å². The Hall–Kier alpha value is -1.25. The van der Waals surface area contributed by atoms with Crippen LogP contribution in [0.15, 0.2) is 24.3 Å². The first-order chi connectivity index (χ1) is 10.6. The van der Waals surface area contributed by atoms with E-state index in [-0.39, 0.29) is 0 Å². The molecule has 0 amide bonds. The van der Waals surface area contributed by atoms with Gasteiger partial charge in [-0.15, -0.1) is 0 Å². The van der Waals surface area contributed by atoms with Gasteiger partial charge in [0.1, 0.15) is 0 Å². The normalized spacial score (nSPS) is 12.5. The largest absolute Gasteiger partial charge is 0.481 e. The minimum Gasteiger partial charge on any atom is -0.481 e. The molecule has 0 aliphatic carbocycles. The molecule has 1 aromatic rings. The van der Waals surface area contributed by atoms with Crippen molar-refractivity contribution in [3.8, 4) is 0 Å². The molecular weight excluding hydrogens is 304 g/mol. The van der Waals surface area contributed by atoms with Crippen molar-refractivity contribution in [2.45, 2.75) is 12.8 Å². The van der Waals surface area contributed by atoms with Gasteiger partial charge in [-0.25, -0.2) is 0 Å². The number of carboxylic acid groups (broad SMARTS) is 1. The summed E-state index contributed by atoms with van der Waals surface area (Å²) in [5.41, 5.74) is 0.762. The molecule has 0 radical (unpaired) electrons. The maximum Gasteiger partial charge on any atom is 0.356 e. The van der Waals surface area contributed by atoms with Crippen LogP contribution >= 0.6 is 0 Å². The summed E-state index contributed by atoms with van der Waals surface area (Å²) in [5.74, 6) is -1.37. The zero-order chi connectivity index (χ0) is 16.4. The summed E-state index contributed by atoms with van der Waals surface area (Å²) in [6.07, 6.45) is 0. The first kappa shape index (κ1) is 18.8. The van der Waals surface area contributed by atoms with E-state index in [1.54, 1.807) is 21.1 Å². The van der Waals surface area contributed by atoms with Crippen LogP contribution in [0.3, 0.4) is 0 Å². The van der Waals surface area contributed by atoms with E-state index in [2.05, 4.69) is 0 Å². The topological polar surface area (TPSA) is 74.2 Å². The average Bonchev–Trinajstić information content (AvgIpc) is 2.53. The van der Waals surface area contributed by atoms with Gasteiger partial charge in [0.2, 0.25) is 0 Å². The molecule has 0 aliphatic rings. The highest BCUT2D eigenvalue weighted by Crippen LogP contribution is 2.14. The van der Waals surface area contributed by atoms with Crippen LogP contribution in [0.4, 0.5) is 0 Å². The van der Waals surface area contributed by atoms with Crippen molar-refractivity contribution >= 4 is 20.4 Å². The standard InChI is InChI=1S/C15H24O6Si/c1-12(15(16)17)13-4-6-14(7-5-13)22(20-10-8-18-2)21-11-9-19-3/h4-7,12,22H,8-11H2,1-3H3,(H,16,17). The van der Waals surface area contributed by atoms with E-state index in [0.717, 1.165) is 10.8 Å². The van der Waals surface area contributed by atoms with Gasteiger partial charge in [-0.3, -0.25) is 4.79 Å². The fourth-order valence-electron chi connectivity index (χ4n) is 1.80. The fourth-order valence-corrected chi connectivity index (χ4v) is 3.41. The summed E-state index contributed by atoms with van der Waals surface area (Å²) in [5, 5.41) is 10.00. The van der Waals surface area contributed by atoms with Gasteiger partial charge in [-0.1, -0.05) is 24.3 Å². The number of ether oxygens (including phenoxy) is 2. The molecule has 1 unspecified atom stereocenters. The second-order valence-corrected chi connectivity index (χ2v) is 6.78. The molecule has 0 bridgehead atoms. The van der Waals surface area contributed by atoms with E-state index in [1.807, 2.05) is 24.3 Å². The Labute approximate surface area is 132 Å². The molecule has 0 aliphatic heterocycles. The minimum atomic E-state index is -2.04. The van der Waals surface area contributed by atoms with E-state index >= 15 is 0 Å². The lowest BCUT2D eigenvalue weighted by Gasteiger charge is -2.17. The van der Waals surface area contributed by atoms with Crippen molar-refractivity contribution in [1.82, 2.24) is 0 Å². The van der Waals surface area contributed by atoms with Crippen molar-refractivity contribution in [1.29, 1.82) is 0 Å². The summed E-state index contributed by atoms with van der Waals surface area (Å²) >= 11 is 0. The Bertz CT molecular complexity index is 426. The molecule has 6 nitrogen and oxygen atoms in total. The molecule has 7 heteroatoms. The minimum absolute atomic E-state index is 0.466. The van der Waals surface area contributed by atoms with E-state index < -0.39 is 21.2 Å². The monoisotopic (exact) mass is 328 g/mol. The summed E-state index contributed by atoms with van der Waals surface area (Å²) < 4.78 is 21.5.